The molecule has 1 saturated heterocycles. The molecule has 1 aliphatic rings. The van der Waals surface area contributed by atoms with Crippen LogP contribution >= 0.6 is 11.3 Å². The van der Waals surface area contributed by atoms with E-state index in [4.69, 9.17) is 19.2 Å². The first-order valence-corrected chi connectivity index (χ1v) is 10.6. The lowest BCUT2D eigenvalue weighted by Gasteiger charge is -2.24. The topological polar surface area (TPSA) is 43.8 Å². The number of para-hydroxylation sites is 1. The summed E-state index contributed by atoms with van der Waals surface area (Å²) in [4.78, 5) is 7.42. The summed E-state index contributed by atoms with van der Waals surface area (Å²) in [6.45, 7) is 1.94. The van der Waals surface area contributed by atoms with Crippen LogP contribution in [-0.2, 0) is 6.54 Å². The van der Waals surface area contributed by atoms with Crippen LogP contribution in [0.15, 0.2) is 47.8 Å². The van der Waals surface area contributed by atoms with Crippen LogP contribution in [0.25, 0.3) is 10.6 Å². The molecule has 5 nitrogen and oxygen atoms in total. The van der Waals surface area contributed by atoms with Gasteiger partial charge in [-0.15, -0.1) is 11.3 Å². The van der Waals surface area contributed by atoms with E-state index >= 15 is 0 Å². The van der Waals surface area contributed by atoms with Gasteiger partial charge in [0.2, 0.25) is 0 Å². The molecule has 0 radical (unpaired) electrons. The summed E-state index contributed by atoms with van der Waals surface area (Å²) in [7, 11) is 5.02. The van der Waals surface area contributed by atoms with E-state index < -0.39 is 0 Å². The highest BCUT2D eigenvalue weighted by atomic mass is 32.1. The molecule has 1 atom stereocenters. The minimum atomic E-state index is 0.428. The number of likely N-dealkylation sites (tertiary alicyclic amines) is 1. The molecular weight excluding hydrogens is 384 g/mol. The lowest BCUT2D eigenvalue weighted by Crippen LogP contribution is -2.22. The van der Waals surface area contributed by atoms with Crippen LogP contribution in [0.3, 0.4) is 0 Å². The van der Waals surface area contributed by atoms with E-state index in [1.807, 2.05) is 30.3 Å². The van der Waals surface area contributed by atoms with Gasteiger partial charge in [0.05, 0.1) is 32.6 Å². The molecule has 29 heavy (non-hydrogen) atoms. The Morgan fingerprint density at radius 1 is 1.03 bits per heavy atom. The largest absolute Gasteiger partial charge is 0.497 e. The molecule has 1 aliphatic heterocycles. The second kappa shape index (κ2) is 8.84. The molecule has 1 aromatic heterocycles. The fraction of sp³-hybridized carbons (Fsp3) is 0.348. The maximum atomic E-state index is 5.58. The summed E-state index contributed by atoms with van der Waals surface area (Å²) in [5.74, 6) is 2.35. The maximum Gasteiger partial charge on any atom is 0.170 e. The zero-order chi connectivity index (χ0) is 20.2. The number of methoxy groups -OCH3 is 3. The predicted molar refractivity (Wildman–Crippen MR) is 116 cm³/mol. The molecule has 2 aromatic carbocycles. The van der Waals surface area contributed by atoms with Gasteiger partial charge in [-0.1, -0.05) is 18.2 Å². The molecule has 4 rings (SSSR count). The zero-order valence-corrected chi connectivity index (χ0v) is 17.9. The van der Waals surface area contributed by atoms with Crippen LogP contribution < -0.4 is 14.2 Å². The van der Waals surface area contributed by atoms with E-state index in [-0.39, 0.29) is 0 Å². The number of benzene rings is 2. The van der Waals surface area contributed by atoms with Crippen molar-refractivity contribution in [1.29, 1.82) is 0 Å². The highest BCUT2D eigenvalue weighted by Gasteiger charge is 2.27. The van der Waals surface area contributed by atoms with Gasteiger partial charge in [0, 0.05) is 18.0 Å². The number of aromatic nitrogens is 1. The lowest BCUT2D eigenvalue weighted by molar-refractivity contribution is 0.246. The molecule has 0 amide bonds. The quantitative estimate of drug-likeness (QED) is 0.537. The summed E-state index contributed by atoms with van der Waals surface area (Å²) in [6, 6.07) is 14.8. The summed E-state index contributed by atoms with van der Waals surface area (Å²) in [5, 5.41) is 3.11. The van der Waals surface area contributed by atoms with Crippen molar-refractivity contribution >= 4 is 11.3 Å². The van der Waals surface area contributed by atoms with E-state index in [2.05, 4.69) is 22.4 Å². The van der Waals surface area contributed by atoms with Crippen LogP contribution in [0, 0.1) is 0 Å². The van der Waals surface area contributed by atoms with Gasteiger partial charge in [0.25, 0.3) is 0 Å². The molecule has 0 N–H and O–H groups in total. The normalized spacial score (nSPS) is 16.7. The van der Waals surface area contributed by atoms with Gasteiger partial charge in [-0.25, -0.2) is 4.98 Å². The summed E-state index contributed by atoms with van der Waals surface area (Å²) >= 11 is 1.65. The standard InChI is InChI=1S/C23H26N2O3S/c1-26-18-11-9-16(10-12-18)20-7-5-13-25(20)14-17-15-29-23(24-17)19-6-4-8-21(27-2)22(19)28-3/h4,6,8-12,15,20H,5,7,13-14H2,1-3H3. The Labute approximate surface area is 175 Å². The van der Waals surface area contributed by atoms with E-state index in [0.717, 1.165) is 46.6 Å². The van der Waals surface area contributed by atoms with Gasteiger partial charge in [-0.2, -0.15) is 0 Å². The highest BCUT2D eigenvalue weighted by Crippen LogP contribution is 2.40. The van der Waals surface area contributed by atoms with Crippen molar-refractivity contribution < 1.29 is 14.2 Å². The van der Waals surface area contributed by atoms with Gasteiger partial charge in [0.15, 0.2) is 11.5 Å². The first-order chi connectivity index (χ1) is 14.2. The molecule has 2 heterocycles. The first kappa shape index (κ1) is 19.7. The Bertz CT molecular complexity index is 955. The third-order valence-corrected chi connectivity index (χ3v) is 6.34. The molecule has 152 valence electrons. The molecule has 1 fully saturated rings. The smallest absolute Gasteiger partial charge is 0.170 e. The van der Waals surface area contributed by atoms with E-state index in [1.165, 1.54) is 18.4 Å². The third-order valence-electron chi connectivity index (χ3n) is 5.41. The minimum absolute atomic E-state index is 0.428. The second-order valence-corrected chi connectivity index (χ2v) is 7.94. The average molecular weight is 411 g/mol. The van der Waals surface area contributed by atoms with Crippen LogP contribution in [0.4, 0.5) is 0 Å². The van der Waals surface area contributed by atoms with Crippen molar-refractivity contribution in [3.8, 4) is 27.8 Å². The van der Waals surface area contributed by atoms with Crippen LogP contribution in [0.1, 0.15) is 30.1 Å². The maximum absolute atomic E-state index is 5.58. The monoisotopic (exact) mass is 410 g/mol. The fourth-order valence-electron chi connectivity index (χ4n) is 3.99. The van der Waals surface area contributed by atoms with Crippen LogP contribution in [-0.4, -0.2) is 37.8 Å². The van der Waals surface area contributed by atoms with Crippen LogP contribution in [0.2, 0.25) is 0 Å². The van der Waals surface area contributed by atoms with Crippen molar-refractivity contribution in [2.45, 2.75) is 25.4 Å². The summed E-state index contributed by atoms with van der Waals surface area (Å²) in [6.07, 6.45) is 2.38. The number of rotatable bonds is 7. The van der Waals surface area contributed by atoms with Crippen molar-refractivity contribution in [3.63, 3.8) is 0 Å². The SMILES string of the molecule is COc1ccc(C2CCCN2Cc2csc(-c3cccc(OC)c3OC)n2)cc1. The molecule has 0 saturated carbocycles. The number of ether oxygens (including phenoxy) is 3. The second-order valence-electron chi connectivity index (χ2n) is 7.09. The van der Waals surface area contributed by atoms with Gasteiger partial charge in [0.1, 0.15) is 10.8 Å². The number of hydrogen-bond acceptors (Lipinski definition) is 6. The van der Waals surface area contributed by atoms with Gasteiger partial charge >= 0.3 is 0 Å². The van der Waals surface area contributed by atoms with E-state index in [0.29, 0.717) is 6.04 Å². The molecule has 0 spiro atoms. The van der Waals surface area contributed by atoms with E-state index in [1.54, 1.807) is 32.7 Å². The Morgan fingerprint density at radius 3 is 2.59 bits per heavy atom. The minimum Gasteiger partial charge on any atom is -0.497 e. The average Bonchev–Trinajstić information content (AvgIpc) is 3.43. The Balaban J connectivity index is 1.53. The van der Waals surface area contributed by atoms with Crippen molar-refractivity contribution in [2.24, 2.45) is 0 Å². The zero-order valence-electron chi connectivity index (χ0n) is 17.1. The Hall–Kier alpha value is -2.57. The number of hydrogen-bond donors (Lipinski definition) is 0. The Morgan fingerprint density at radius 2 is 1.86 bits per heavy atom. The van der Waals surface area contributed by atoms with E-state index in [9.17, 15) is 0 Å². The van der Waals surface area contributed by atoms with Crippen molar-refractivity contribution in [3.05, 3.63) is 59.1 Å². The number of nitrogens with zero attached hydrogens (tertiary/aromatic N) is 2. The predicted octanol–water partition coefficient (Wildman–Crippen LogP) is 5.17. The van der Waals surface area contributed by atoms with Gasteiger partial charge < -0.3 is 14.2 Å². The number of thiazole rings is 1. The molecule has 0 aliphatic carbocycles. The highest BCUT2D eigenvalue weighted by molar-refractivity contribution is 7.13. The third kappa shape index (κ3) is 4.09. The van der Waals surface area contributed by atoms with Crippen molar-refractivity contribution in [2.75, 3.05) is 27.9 Å². The van der Waals surface area contributed by atoms with Gasteiger partial charge in [-0.3, -0.25) is 4.90 Å². The first-order valence-electron chi connectivity index (χ1n) is 9.77. The summed E-state index contributed by atoms with van der Waals surface area (Å²) < 4.78 is 16.3. The van der Waals surface area contributed by atoms with Gasteiger partial charge in [-0.05, 0) is 49.2 Å². The molecule has 3 aromatic rings. The molecular formula is C23H26N2O3S. The molecule has 1 unspecified atom stereocenters. The Kier molecular flexibility index (Phi) is 6.02. The molecule has 0 bridgehead atoms. The molecule has 6 heteroatoms. The van der Waals surface area contributed by atoms with Crippen molar-refractivity contribution in [1.82, 2.24) is 9.88 Å². The summed E-state index contributed by atoms with van der Waals surface area (Å²) in [5.41, 5.74) is 3.40. The lowest BCUT2D eigenvalue weighted by atomic mass is 10.0. The fourth-order valence-corrected chi connectivity index (χ4v) is 4.82. The van der Waals surface area contributed by atoms with Crippen LogP contribution in [0.5, 0.6) is 17.2 Å².